The number of nitrogens with zero attached hydrogens (tertiary/aromatic N) is 4. The molecule has 0 fully saturated rings. The zero-order valence-electron chi connectivity index (χ0n) is 13.8. The monoisotopic (exact) mass is 429 g/mol. The van der Waals surface area contributed by atoms with E-state index in [1.54, 1.807) is 0 Å². The number of carbonyl (C=O) groups excluding carboxylic acids is 1. The van der Waals surface area contributed by atoms with Gasteiger partial charge < -0.3 is 10.7 Å². The molecule has 0 saturated heterocycles. The molecule has 2 N–H and O–H groups in total. The van der Waals surface area contributed by atoms with Gasteiger partial charge >= 0.3 is 0 Å². The van der Waals surface area contributed by atoms with Gasteiger partial charge in [0.05, 0.1) is 5.75 Å². The molecule has 0 saturated carbocycles. The summed E-state index contributed by atoms with van der Waals surface area (Å²) in [7, 11) is 0. The molecule has 6 nitrogen and oxygen atoms in total. The van der Waals surface area contributed by atoms with Gasteiger partial charge in [0.25, 0.3) is 0 Å². The van der Waals surface area contributed by atoms with Gasteiger partial charge in [-0.2, -0.15) is 0 Å². The maximum Gasteiger partial charge on any atom is 0.237 e. The minimum Gasteiger partial charge on any atom is -0.335 e. The van der Waals surface area contributed by atoms with E-state index in [0.29, 0.717) is 11.0 Å². The van der Waals surface area contributed by atoms with Gasteiger partial charge in [-0.25, -0.2) is 4.68 Å². The Morgan fingerprint density at radius 1 is 1.15 bits per heavy atom. The summed E-state index contributed by atoms with van der Waals surface area (Å²) in [4.78, 5) is 14.5. The average molecular weight is 430 g/mol. The predicted molar refractivity (Wildman–Crippen MR) is 107 cm³/mol. The Hall–Kier alpha value is -2.32. The van der Waals surface area contributed by atoms with Crippen LogP contribution in [-0.4, -0.2) is 33.1 Å². The number of hydrogen-bond acceptors (Lipinski definition) is 5. The maximum absolute atomic E-state index is 12.6. The number of thioether (sulfide) groups is 1. The second kappa shape index (κ2) is 7.13. The first-order valence-electron chi connectivity index (χ1n) is 8.11. The molecular formula is C18H16BrN5OS. The van der Waals surface area contributed by atoms with Crippen molar-refractivity contribution in [3.63, 3.8) is 0 Å². The summed E-state index contributed by atoms with van der Waals surface area (Å²) in [6.07, 6.45) is 0.895. The van der Waals surface area contributed by atoms with Crippen LogP contribution >= 0.6 is 27.7 Å². The number of nitrogens with two attached hydrogens (primary N) is 1. The molecule has 26 heavy (non-hydrogen) atoms. The maximum atomic E-state index is 12.6. The molecule has 4 rings (SSSR count). The molecule has 1 aromatic heterocycles. The third-order valence-electron chi connectivity index (χ3n) is 4.29. The number of hydrogen-bond donors (Lipinski definition) is 1. The molecule has 0 spiro atoms. The van der Waals surface area contributed by atoms with Crippen LogP contribution in [0.3, 0.4) is 0 Å². The summed E-state index contributed by atoms with van der Waals surface area (Å²) in [5, 5.41) is 8.82. The third kappa shape index (κ3) is 3.10. The minimum atomic E-state index is 0.0467. The van der Waals surface area contributed by atoms with E-state index in [1.165, 1.54) is 22.0 Å². The number of amides is 1. The summed E-state index contributed by atoms with van der Waals surface area (Å²) in [6, 6.07) is 15.7. The summed E-state index contributed by atoms with van der Waals surface area (Å²) < 4.78 is 2.32. The highest BCUT2D eigenvalue weighted by atomic mass is 79.9. The Kier molecular flexibility index (Phi) is 4.69. The van der Waals surface area contributed by atoms with Gasteiger partial charge in [-0.05, 0) is 30.2 Å². The number of anilines is 1. The first kappa shape index (κ1) is 17.1. The van der Waals surface area contributed by atoms with Crippen molar-refractivity contribution in [1.82, 2.24) is 14.9 Å². The number of para-hydroxylation sites is 1. The van der Waals surface area contributed by atoms with Gasteiger partial charge in [0.15, 0.2) is 5.82 Å². The lowest BCUT2D eigenvalue weighted by Gasteiger charge is -2.16. The largest absolute Gasteiger partial charge is 0.335 e. The normalized spacial score (nSPS) is 13.0. The van der Waals surface area contributed by atoms with Gasteiger partial charge in [-0.1, -0.05) is 58.0 Å². The fourth-order valence-corrected chi connectivity index (χ4v) is 4.20. The number of aromatic nitrogens is 3. The highest BCUT2D eigenvalue weighted by Gasteiger charge is 2.25. The van der Waals surface area contributed by atoms with Crippen LogP contribution in [0.5, 0.6) is 0 Å². The van der Waals surface area contributed by atoms with Crippen LogP contribution in [0.1, 0.15) is 5.56 Å². The van der Waals surface area contributed by atoms with Crippen molar-refractivity contribution in [2.24, 2.45) is 0 Å². The van der Waals surface area contributed by atoms with Crippen LogP contribution in [-0.2, 0) is 11.2 Å². The molecule has 0 aliphatic carbocycles. The fraction of sp³-hybridized carbons (Fsp3) is 0.167. The minimum absolute atomic E-state index is 0.0467. The van der Waals surface area contributed by atoms with E-state index < -0.39 is 0 Å². The Morgan fingerprint density at radius 3 is 2.77 bits per heavy atom. The lowest BCUT2D eigenvalue weighted by atomic mass is 10.2. The van der Waals surface area contributed by atoms with E-state index in [9.17, 15) is 4.79 Å². The molecule has 1 amide bonds. The zero-order valence-corrected chi connectivity index (χ0v) is 16.2. The van der Waals surface area contributed by atoms with E-state index in [1.807, 2.05) is 47.4 Å². The first-order chi connectivity index (χ1) is 12.6. The number of nitrogen functional groups attached to an aromatic ring is 1. The smallest absolute Gasteiger partial charge is 0.237 e. The summed E-state index contributed by atoms with van der Waals surface area (Å²) in [5.74, 6) is 7.01. The number of rotatable bonds is 4. The lowest BCUT2D eigenvalue weighted by Crippen LogP contribution is -2.30. The Bertz CT molecular complexity index is 974. The first-order valence-corrected chi connectivity index (χ1v) is 9.89. The molecule has 2 aromatic carbocycles. The van der Waals surface area contributed by atoms with Crippen molar-refractivity contribution in [3.05, 3.63) is 58.6 Å². The van der Waals surface area contributed by atoms with Crippen molar-refractivity contribution < 1.29 is 4.79 Å². The van der Waals surface area contributed by atoms with E-state index >= 15 is 0 Å². The molecule has 0 atom stereocenters. The molecule has 1 aliphatic rings. The number of fused-ring (bicyclic) bond motifs is 1. The van der Waals surface area contributed by atoms with Gasteiger partial charge in [0.2, 0.25) is 11.1 Å². The second-order valence-electron chi connectivity index (χ2n) is 5.87. The molecular weight excluding hydrogens is 414 g/mol. The molecule has 1 aliphatic heterocycles. The van der Waals surface area contributed by atoms with Gasteiger partial charge in [-0.3, -0.25) is 4.79 Å². The summed E-state index contributed by atoms with van der Waals surface area (Å²) in [6.45, 7) is 0.719. The van der Waals surface area contributed by atoms with Gasteiger partial charge in [0.1, 0.15) is 0 Å². The van der Waals surface area contributed by atoms with Gasteiger partial charge in [0, 0.05) is 22.3 Å². The summed E-state index contributed by atoms with van der Waals surface area (Å²) >= 11 is 4.79. The van der Waals surface area contributed by atoms with E-state index in [2.05, 4.69) is 32.2 Å². The summed E-state index contributed by atoms with van der Waals surface area (Å²) in [5.41, 5.74) is 3.07. The number of halogens is 1. The highest BCUT2D eigenvalue weighted by Crippen LogP contribution is 2.30. The number of carbonyl (C=O) groups is 1. The van der Waals surface area contributed by atoms with Crippen molar-refractivity contribution in [3.8, 4) is 11.4 Å². The highest BCUT2D eigenvalue weighted by molar-refractivity contribution is 9.10. The fourth-order valence-electron chi connectivity index (χ4n) is 3.00. The SMILES string of the molecule is Nn1c(SCC(=O)N2CCc3ccccc32)nnc1-c1ccccc1Br. The topological polar surface area (TPSA) is 77.0 Å². The van der Waals surface area contributed by atoms with E-state index in [4.69, 9.17) is 5.84 Å². The zero-order chi connectivity index (χ0) is 18.1. The molecule has 8 heteroatoms. The van der Waals surface area contributed by atoms with Crippen LogP contribution in [0.15, 0.2) is 58.2 Å². The Labute approximate surface area is 163 Å². The van der Waals surface area contributed by atoms with Crippen LogP contribution < -0.4 is 10.7 Å². The second-order valence-corrected chi connectivity index (χ2v) is 7.67. The quantitative estimate of drug-likeness (QED) is 0.509. The van der Waals surface area contributed by atoms with Crippen LogP contribution in [0.25, 0.3) is 11.4 Å². The van der Waals surface area contributed by atoms with Crippen molar-refractivity contribution in [2.45, 2.75) is 11.6 Å². The van der Waals surface area contributed by atoms with E-state index in [-0.39, 0.29) is 11.7 Å². The average Bonchev–Trinajstić information content (AvgIpc) is 3.24. The van der Waals surface area contributed by atoms with Crippen LogP contribution in [0.4, 0.5) is 5.69 Å². The molecule has 3 aromatic rings. The van der Waals surface area contributed by atoms with Crippen LogP contribution in [0.2, 0.25) is 0 Å². The standard InChI is InChI=1S/C18H16BrN5OS/c19-14-7-3-2-6-13(14)17-21-22-18(24(17)20)26-11-16(25)23-10-9-12-5-1-4-8-15(12)23/h1-8H,9-11,20H2. The molecule has 132 valence electrons. The third-order valence-corrected chi connectivity index (χ3v) is 5.91. The molecule has 0 radical (unpaired) electrons. The van der Waals surface area contributed by atoms with E-state index in [0.717, 1.165) is 28.7 Å². The van der Waals surface area contributed by atoms with Crippen LogP contribution in [0, 0.1) is 0 Å². The Morgan fingerprint density at radius 2 is 1.92 bits per heavy atom. The lowest BCUT2D eigenvalue weighted by molar-refractivity contribution is -0.116. The molecule has 0 unspecified atom stereocenters. The number of benzene rings is 2. The predicted octanol–water partition coefficient (Wildman–Crippen LogP) is 3.10. The van der Waals surface area contributed by atoms with Gasteiger partial charge in [-0.15, -0.1) is 10.2 Å². The van der Waals surface area contributed by atoms with Crippen molar-refractivity contribution >= 4 is 39.3 Å². The van der Waals surface area contributed by atoms with Crippen molar-refractivity contribution in [2.75, 3.05) is 23.0 Å². The molecule has 2 heterocycles. The molecule has 0 bridgehead atoms. The Balaban J connectivity index is 1.48. The van der Waals surface area contributed by atoms with Crippen molar-refractivity contribution in [1.29, 1.82) is 0 Å².